The molecule has 7 rings (SSSR count). The average molecular weight is 804 g/mol. The summed E-state index contributed by atoms with van der Waals surface area (Å²) in [6.07, 6.45) is 7.00. The van der Waals surface area contributed by atoms with E-state index in [2.05, 4.69) is 92.2 Å². The van der Waals surface area contributed by atoms with Gasteiger partial charge in [-0.15, -0.1) is 0 Å². The summed E-state index contributed by atoms with van der Waals surface area (Å²) in [6, 6.07) is 40.7. The molecule has 4 aromatic carbocycles. The fourth-order valence-corrected chi connectivity index (χ4v) is 9.36. The van der Waals surface area contributed by atoms with Gasteiger partial charge < -0.3 is 9.80 Å². The monoisotopic (exact) mass is 803 g/mol. The number of hydrogen-bond donors (Lipinski definition) is 0. The van der Waals surface area contributed by atoms with Gasteiger partial charge >= 0.3 is 109 Å². The maximum absolute atomic E-state index is 6.18. The second-order valence-electron chi connectivity index (χ2n) is 12.3. The molecular weight excluding hydrogens is 756 g/mol. The van der Waals surface area contributed by atoms with Crippen LogP contribution in [0.5, 0.6) is 0 Å². The summed E-state index contributed by atoms with van der Waals surface area (Å²) in [5, 5.41) is 0. The molecule has 0 spiro atoms. The Hall–Kier alpha value is -4.15. The van der Waals surface area contributed by atoms with Crippen LogP contribution in [0.4, 0.5) is 11.4 Å². The van der Waals surface area contributed by atoms with Gasteiger partial charge in [0.2, 0.25) is 0 Å². The Morgan fingerprint density at radius 2 is 0.824 bits per heavy atom. The van der Waals surface area contributed by atoms with E-state index in [4.69, 9.17) is 19.4 Å². The largest absolute Gasteiger partial charge is 0.265 e. The number of hydrogen-bond acceptors (Lipinski definition) is 4. The standard InChI is InChI=1S/C21H27N2.C13H10.2C5H5N.2ClH.Ru/c1-14-9-16(3)20(17(4)10-14)22-7-8-23(13-22)21-18(5)11-15(2)12-19(21)6;1-3-7-12(8-4-1)11-13-9-5-2-6-10-13;2*1-2-4-6-5-3-1;;;/h9-13H,7-8H2,1-6H3;1-10H;2*1-5H;2*1H;/q-1;;;;;;+2/p-2. The quantitative estimate of drug-likeness (QED) is 0.131. The summed E-state index contributed by atoms with van der Waals surface area (Å²) in [7, 11) is 12.4. The van der Waals surface area contributed by atoms with E-state index in [1.807, 2.05) is 97.1 Å². The van der Waals surface area contributed by atoms with E-state index in [9.17, 15) is 0 Å². The van der Waals surface area contributed by atoms with Gasteiger partial charge in [0.1, 0.15) is 0 Å². The smallest absolute Gasteiger partial charge is 0.0267 e. The molecule has 0 unspecified atom stereocenters. The van der Waals surface area contributed by atoms with Crippen LogP contribution in [0.2, 0.25) is 0 Å². The van der Waals surface area contributed by atoms with Crippen molar-refractivity contribution < 1.29 is 13.5 Å². The number of nitrogens with zero attached hydrogens (tertiary/aromatic N) is 4. The Morgan fingerprint density at radius 1 is 0.510 bits per heavy atom. The summed E-state index contributed by atoms with van der Waals surface area (Å²) in [5.41, 5.74) is 13.1. The predicted octanol–water partition coefficient (Wildman–Crippen LogP) is 11.3. The van der Waals surface area contributed by atoms with E-state index < -0.39 is 13.5 Å². The SMILES string of the molecule is Cc1cc(C)c(N2[CH-]N(c3c(C)cc(C)cc3C)CC2)c(C)c1.[Cl][Ru]([Cl])=[C](c1ccccc1)c1ccccc1.c1ccncc1.c1ccncc1. The van der Waals surface area contributed by atoms with Gasteiger partial charge in [0, 0.05) is 49.3 Å². The molecule has 1 aliphatic heterocycles. The van der Waals surface area contributed by atoms with Gasteiger partial charge in [-0.2, -0.15) is 6.67 Å². The first-order chi connectivity index (χ1) is 24.7. The minimum atomic E-state index is -1.92. The van der Waals surface area contributed by atoms with Crippen LogP contribution in [0, 0.1) is 48.2 Å². The molecule has 3 heterocycles. The van der Waals surface area contributed by atoms with Gasteiger partial charge in [0.25, 0.3) is 0 Å². The summed E-state index contributed by atoms with van der Waals surface area (Å²) < 4.78 is 1.09. The van der Waals surface area contributed by atoms with Crippen molar-refractivity contribution >= 4 is 34.9 Å². The van der Waals surface area contributed by atoms with Gasteiger partial charge in [-0.25, -0.2) is 0 Å². The topological polar surface area (TPSA) is 32.3 Å². The summed E-state index contributed by atoms with van der Waals surface area (Å²) in [4.78, 5) is 12.4. The summed E-state index contributed by atoms with van der Waals surface area (Å²) >= 11 is -1.92. The molecule has 266 valence electrons. The van der Waals surface area contributed by atoms with Crippen LogP contribution in [-0.2, 0) is 13.5 Å². The van der Waals surface area contributed by atoms with E-state index >= 15 is 0 Å². The van der Waals surface area contributed by atoms with E-state index in [-0.39, 0.29) is 0 Å². The van der Waals surface area contributed by atoms with Crippen molar-refractivity contribution in [1.82, 2.24) is 9.97 Å². The predicted molar refractivity (Wildman–Crippen MR) is 217 cm³/mol. The molecule has 0 amide bonds. The molecular formula is C44H47Cl2N4Ru-. The molecule has 51 heavy (non-hydrogen) atoms. The Labute approximate surface area is 318 Å². The second-order valence-corrected chi connectivity index (χ2v) is 18.0. The Bertz CT molecular complexity index is 1710. The summed E-state index contributed by atoms with van der Waals surface area (Å²) in [5.74, 6) is 0. The third-order valence-electron chi connectivity index (χ3n) is 8.01. The number of aryl methyl sites for hydroxylation is 6. The van der Waals surface area contributed by atoms with Crippen LogP contribution in [0.25, 0.3) is 0 Å². The van der Waals surface area contributed by atoms with Crippen molar-refractivity contribution in [1.29, 1.82) is 0 Å². The second kappa shape index (κ2) is 20.6. The molecule has 1 saturated heterocycles. The Balaban J connectivity index is 0.000000178. The fraction of sp³-hybridized carbons (Fsp3) is 0.182. The minimum absolute atomic E-state index is 1.04. The molecule has 7 heteroatoms. The van der Waals surface area contributed by atoms with Crippen molar-refractivity contribution in [3.8, 4) is 0 Å². The van der Waals surface area contributed by atoms with Gasteiger partial charge in [-0.1, -0.05) is 47.5 Å². The normalized spacial score (nSPS) is 12.0. The van der Waals surface area contributed by atoms with Crippen molar-refractivity contribution in [2.45, 2.75) is 41.5 Å². The number of halogens is 2. The fourth-order valence-electron chi connectivity index (χ4n) is 6.20. The third-order valence-corrected chi connectivity index (χ3v) is 11.3. The molecule has 6 aromatic rings. The van der Waals surface area contributed by atoms with Crippen LogP contribution in [-0.4, -0.2) is 27.2 Å². The van der Waals surface area contributed by atoms with E-state index in [1.54, 1.807) is 24.8 Å². The maximum Gasteiger partial charge on any atom is 0.0267 e. The van der Waals surface area contributed by atoms with Crippen molar-refractivity contribution in [3.63, 3.8) is 0 Å². The Morgan fingerprint density at radius 3 is 1.08 bits per heavy atom. The zero-order chi connectivity index (χ0) is 36.6. The molecule has 4 nitrogen and oxygen atoms in total. The van der Waals surface area contributed by atoms with Crippen molar-refractivity contribution in [3.05, 3.63) is 197 Å². The molecule has 0 aliphatic carbocycles. The number of rotatable bonds is 4. The molecule has 0 saturated carbocycles. The maximum atomic E-state index is 6.18. The van der Waals surface area contributed by atoms with Crippen molar-refractivity contribution in [2.24, 2.45) is 0 Å². The molecule has 0 atom stereocenters. The third kappa shape index (κ3) is 12.2. The van der Waals surface area contributed by atoms with Crippen LogP contribution in [0.3, 0.4) is 0 Å². The first-order valence-electron chi connectivity index (χ1n) is 16.9. The number of anilines is 2. The van der Waals surface area contributed by atoms with E-state index in [1.165, 1.54) is 44.8 Å². The van der Waals surface area contributed by atoms with Crippen LogP contribution in [0.1, 0.15) is 44.5 Å². The molecule has 0 N–H and O–H groups in total. The van der Waals surface area contributed by atoms with Crippen LogP contribution < -0.4 is 9.80 Å². The van der Waals surface area contributed by atoms with E-state index in [0.717, 1.165) is 28.3 Å². The van der Waals surface area contributed by atoms with Gasteiger partial charge in [0.05, 0.1) is 0 Å². The number of aromatic nitrogens is 2. The molecule has 1 fully saturated rings. The van der Waals surface area contributed by atoms with Gasteiger partial charge in [-0.3, -0.25) is 9.97 Å². The molecule has 2 aromatic heterocycles. The molecule has 0 bridgehead atoms. The number of benzene rings is 4. The van der Waals surface area contributed by atoms with Gasteiger partial charge in [-0.05, 0) is 88.1 Å². The van der Waals surface area contributed by atoms with E-state index in [0.29, 0.717) is 0 Å². The molecule has 0 radical (unpaired) electrons. The first kappa shape index (κ1) is 39.6. The average Bonchev–Trinajstić information content (AvgIpc) is 3.59. The first-order valence-corrected chi connectivity index (χ1v) is 22.2. The molecule has 1 aliphatic rings. The summed E-state index contributed by atoms with van der Waals surface area (Å²) in [6.45, 7) is 17.6. The zero-order valence-corrected chi connectivity index (χ0v) is 33.5. The van der Waals surface area contributed by atoms with Crippen LogP contribution >= 0.6 is 19.4 Å². The van der Waals surface area contributed by atoms with Crippen molar-refractivity contribution in [2.75, 3.05) is 22.9 Å². The number of pyridine rings is 2. The van der Waals surface area contributed by atoms with Gasteiger partial charge in [0.15, 0.2) is 0 Å². The zero-order valence-electron chi connectivity index (χ0n) is 30.2. The minimum Gasteiger partial charge on any atom is -0.265 e. The Kier molecular flexibility index (Phi) is 16.0. The van der Waals surface area contributed by atoms with Crippen LogP contribution in [0.15, 0.2) is 146 Å².